The standard InChI is InChI=1S/C27H19ClF2N4O2/c28-17-7-5-14(6-8-17)15-11-21-24(22(35)12-15)25(16-9-18(29)13-19(30)10-16)33-26(31-21)34-27-32-20-3-1-2-4-23(20)36-27/h1-10,13,15,25H,11-12H2,(H2,31,32,33,34). The number of Topliss-reactive ketones (excluding diaryl/α,β-unsaturated/α-hetero) is 1. The number of ketones is 1. The number of guanidine groups is 1. The molecule has 2 atom stereocenters. The van der Waals surface area contributed by atoms with Crippen molar-refractivity contribution in [2.45, 2.75) is 24.8 Å². The molecule has 0 spiro atoms. The van der Waals surface area contributed by atoms with Crippen molar-refractivity contribution in [2.75, 3.05) is 5.32 Å². The number of carbonyl (C=O) groups is 1. The van der Waals surface area contributed by atoms with E-state index in [0.717, 1.165) is 11.6 Å². The summed E-state index contributed by atoms with van der Waals surface area (Å²) >= 11 is 6.04. The Labute approximate surface area is 209 Å². The number of anilines is 1. The van der Waals surface area contributed by atoms with E-state index in [-0.39, 0.29) is 35.7 Å². The van der Waals surface area contributed by atoms with Gasteiger partial charge in [-0.2, -0.15) is 4.98 Å². The van der Waals surface area contributed by atoms with E-state index in [9.17, 15) is 13.6 Å². The molecular formula is C27H19ClF2N4O2. The summed E-state index contributed by atoms with van der Waals surface area (Å²) in [5.74, 6) is -1.44. The zero-order valence-electron chi connectivity index (χ0n) is 18.8. The first-order valence-electron chi connectivity index (χ1n) is 11.4. The lowest BCUT2D eigenvalue weighted by Gasteiger charge is -2.33. The summed E-state index contributed by atoms with van der Waals surface area (Å²) in [6.45, 7) is 0. The van der Waals surface area contributed by atoms with Crippen LogP contribution in [-0.4, -0.2) is 16.7 Å². The molecule has 1 aliphatic carbocycles. The van der Waals surface area contributed by atoms with Crippen LogP contribution in [-0.2, 0) is 4.79 Å². The number of oxazole rings is 1. The molecule has 1 aromatic heterocycles. The van der Waals surface area contributed by atoms with Crippen molar-refractivity contribution < 1.29 is 18.0 Å². The van der Waals surface area contributed by atoms with Gasteiger partial charge in [-0.15, -0.1) is 0 Å². The average molecular weight is 505 g/mol. The van der Waals surface area contributed by atoms with Crippen LogP contribution in [0.25, 0.3) is 11.1 Å². The van der Waals surface area contributed by atoms with Crippen LogP contribution in [0.4, 0.5) is 14.8 Å². The van der Waals surface area contributed by atoms with Crippen LogP contribution in [0.5, 0.6) is 0 Å². The van der Waals surface area contributed by atoms with Crippen LogP contribution >= 0.6 is 11.6 Å². The minimum absolute atomic E-state index is 0.0883. The van der Waals surface area contributed by atoms with Gasteiger partial charge in [0.15, 0.2) is 11.4 Å². The van der Waals surface area contributed by atoms with Crippen LogP contribution in [0.15, 0.2) is 87.4 Å². The Hall–Kier alpha value is -4.04. The normalized spacial score (nSPS) is 19.6. The molecule has 0 bridgehead atoms. The van der Waals surface area contributed by atoms with E-state index in [0.29, 0.717) is 33.8 Å². The molecule has 2 N–H and O–H groups in total. The maximum Gasteiger partial charge on any atom is 0.302 e. The molecule has 1 aliphatic heterocycles. The lowest BCUT2D eigenvalue weighted by molar-refractivity contribution is -0.116. The molecule has 0 saturated carbocycles. The summed E-state index contributed by atoms with van der Waals surface area (Å²) in [6.07, 6.45) is 0.755. The highest BCUT2D eigenvalue weighted by atomic mass is 35.5. The minimum Gasteiger partial charge on any atom is -0.423 e. The second kappa shape index (κ2) is 8.87. The number of halogens is 3. The second-order valence-corrected chi connectivity index (χ2v) is 9.23. The number of nitrogens with one attached hydrogen (secondary N) is 2. The molecule has 180 valence electrons. The molecule has 0 amide bonds. The van der Waals surface area contributed by atoms with Gasteiger partial charge in [0.1, 0.15) is 23.2 Å². The van der Waals surface area contributed by atoms with E-state index in [4.69, 9.17) is 16.0 Å². The quantitative estimate of drug-likeness (QED) is 0.343. The number of hydrogen-bond donors (Lipinski definition) is 2. The van der Waals surface area contributed by atoms with Crippen LogP contribution in [0, 0.1) is 11.6 Å². The fourth-order valence-electron chi connectivity index (χ4n) is 4.77. The molecular weight excluding hydrogens is 486 g/mol. The minimum atomic E-state index is -0.892. The van der Waals surface area contributed by atoms with Crippen molar-refractivity contribution >= 4 is 40.5 Å². The van der Waals surface area contributed by atoms with Gasteiger partial charge in [0.2, 0.25) is 5.96 Å². The molecule has 0 saturated heterocycles. The maximum atomic E-state index is 14.1. The van der Waals surface area contributed by atoms with Gasteiger partial charge in [0, 0.05) is 28.8 Å². The monoisotopic (exact) mass is 504 g/mol. The number of carbonyl (C=O) groups excluding carboxylic acids is 1. The highest BCUT2D eigenvalue weighted by Crippen LogP contribution is 2.42. The SMILES string of the molecule is O=C1CC(c2ccc(Cl)cc2)CC2=C1C(c1cc(F)cc(F)c1)N=C(Nc1nc3ccccc3o1)N2. The predicted molar refractivity (Wildman–Crippen MR) is 133 cm³/mol. The third-order valence-electron chi connectivity index (χ3n) is 6.37. The zero-order valence-corrected chi connectivity index (χ0v) is 19.5. The van der Waals surface area contributed by atoms with Gasteiger partial charge in [-0.1, -0.05) is 35.9 Å². The molecule has 0 fully saturated rings. The first-order valence-corrected chi connectivity index (χ1v) is 11.8. The Kier molecular flexibility index (Phi) is 5.53. The van der Waals surface area contributed by atoms with Crippen LogP contribution < -0.4 is 10.6 Å². The Morgan fingerprint density at radius 1 is 0.972 bits per heavy atom. The van der Waals surface area contributed by atoms with Crippen molar-refractivity contribution in [2.24, 2.45) is 4.99 Å². The van der Waals surface area contributed by atoms with Crippen molar-refractivity contribution in [3.63, 3.8) is 0 Å². The number of benzene rings is 3. The van der Waals surface area contributed by atoms with Gasteiger partial charge in [0.25, 0.3) is 0 Å². The molecule has 4 aromatic rings. The number of para-hydroxylation sites is 2. The van der Waals surface area contributed by atoms with Gasteiger partial charge in [-0.3, -0.25) is 10.1 Å². The third kappa shape index (κ3) is 4.24. The lowest BCUT2D eigenvalue weighted by Crippen LogP contribution is -2.40. The maximum absolute atomic E-state index is 14.1. The fraction of sp³-hybridized carbons (Fsp3) is 0.148. The first-order chi connectivity index (χ1) is 17.4. The van der Waals surface area contributed by atoms with E-state index >= 15 is 0 Å². The van der Waals surface area contributed by atoms with Gasteiger partial charge in [0.05, 0.1) is 0 Å². The van der Waals surface area contributed by atoms with E-state index in [1.54, 1.807) is 18.2 Å². The van der Waals surface area contributed by atoms with E-state index in [1.807, 2.05) is 30.3 Å². The number of aliphatic imine (C=N–C) groups is 1. The van der Waals surface area contributed by atoms with Crippen molar-refractivity contribution in [3.8, 4) is 0 Å². The van der Waals surface area contributed by atoms with Crippen molar-refractivity contribution in [1.29, 1.82) is 0 Å². The Morgan fingerprint density at radius 2 is 1.72 bits per heavy atom. The van der Waals surface area contributed by atoms with Gasteiger partial charge in [-0.05, 0) is 59.9 Å². The molecule has 2 unspecified atom stereocenters. The molecule has 36 heavy (non-hydrogen) atoms. The summed E-state index contributed by atoms with van der Waals surface area (Å²) in [5.41, 5.74) is 3.51. The summed E-state index contributed by atoms with van der Waals surface area (Å²) in [5, 5.41) is 6.84. The average Bonchev–Trinajstić information content (AvgIpc) is 3.25. The largest absolute Gasteiger partial charge is 0.423 e. The lowest BCUT2D eigenvalue weighted by atomic mass is 9.78. The molecule has 6 nitrogen and oxygen atoms in total. The van der Waals surface area contributed by atoms with Crippen molar-refractivity contribution in [1.82, 2.24) is 10.3 Å². The first kappa shape index (κ1) is 22.4. The molecule has 3 aromatic carbocycles. The summed E-state index contributed by atoms with van der Waals surface area (Å²) in [4.78, 5) is 22.4. The summed E-state index contributed by atoms with van der Waals surface area (Å²) in [6, 6.07) is 17.2. The number of rotatable bonds is 3. The third-order valence-corrected chi connectivity index (χ3v) is 6.62. The number of hydrogen-bond acceptors (Lipinski definition) is 6. The van der Waals surface area contributed by atoms with Crippen LogP contribution in [0.1, 0.15) is 35.9 Å². The summed E-state index contributed by atoms with van der Waals surface area (Å²) in [7, 11) is 0. The van der Waals surface area contributed by atoms with E-state index < -0.39 is 17.7 Å². The Morgan fingerprint density at radius 3 is 2.47 bits per heavy atom. The van der Waals surface area contributed by atoms with Gasteiger partial charge >= 0.3 is 6.01 Å². The van der Waals surface area contributed by atoms with Gasteiger partial charge in [-0.25, -0.2) is 13.8 Å². The number of nitrogens with zero attached hydrogens (tertiary/aromatic N) is 2. The highest BCUT2D eigenvalue weighted by molar-refractivity contribution is 6.30. The fourth-order valence-corrected chi connectivity index (χ4v) is 4.90. The van der Waals surface area contributed by atoms with E-state index in [2.05, 4.69) is 20.6 Å². The smallest absolute Gasteiger partial charge is 0.302 e. The molecule has 2 heterocycles. The molecule has 2 aliphatic rings. The Bertz CT molecular complexity index is 1510. The highest BCUT2D eigenvalue weighted by Gasteiger charge is 2.37. The number of aromatic nitrogens is 1. The number of allylic oxidation sites excluding steroid dienone is 1. The van der Waals surface area contributed by atoms with Crippen molar-refractivity contribution in [3.05, 3.63) is 106 Å². The molecule has 9 heteroatoms. The molecule has 0 radical (unpaired) electrons. The van der Waals surface area contributed by atoms with Gasteiger partial charge < -0.3 is 9.73 Å². The summed E-state index contributed by atoms with van der Waals surface area (Å²) < 4.78 is 34.0. The Balaban J connectivity index is 1.39. The number of fused-ring (bicyclic) bond motifs is 1. The zero-order chi connectivity index (χ0) is 24.8. The topological polar surface area (TPSA) is 79.5 Å². The van der Waals surface area contributed by atoms with E-state index in [1.165, 1.54) is 12.1 Å². The predicted octanol–water partition coefficient (Wildman–Crippen LogP) is 6.27. The van der Waals surface area contributed by atoms with Crippen LogP contribution in [0.3, 0.4) is 0 Å². The van der Waals surface area contributed by atoms with Crippen LogP contribution in [0.2, 0.25) is 5.02 Å². The molecule has 6 rings (SSSR count). The second-order valence-electron chi connectivity index (χ2n) is 8.79.